The molecule has 104 valence electrons. The summed E-state index contributed by atoms with van der Waals surface area (Å²) < 4.78 is 18.8. The zero-order chi connectivity index (χ0) is 14.7. The number of anilines is 1. The van der Waals surface area contributed by atoms with E-state index in [0.717, 1.165) is 6.07 Å². The molecule has 0 saturated carbocycles. The number of carbonyl (C=O) groups excluding carboxylic acids is 1. The van der Waals surface area contributed by atoms with Crippen LogP contribution in [-0.4, -0.2) is 13.0 Å². The van der Waals surface area contributed by atoms with Crippen molar-refractivity contribution in [3.63, 3.8) is 0 Å². The van der Waals surface area contributed by atoms with Gasteiger partial charge in [0.05, 0.1) is 17.7 Å². The summed E-state index contributed by atoms with van der Waals surface area (Å²) in [5.41, 5.74) is 0.714. The van der Waals surface area contributed by atoms with Crippen molar-refractivity contribution in [3.8, 4) is 5.75 Å². The summed E-state index contributed by atoms with van der Waals surface area (Å²) in [5, 5.41) is 3.10. The molecule has 0 aliphatic rings. The first-order chi connectivity index (χ1) is 9.51. The van der Waals surface area contributed by atoms with Crippen molar-refractivity contribution in [3.05, 3.63) is 57.3 Å². The molecule has 2 rings (SSSR count). The minimum atomic E-state index is -0.480. The Morgan fingerprint density at radius 3 is 2.75 bits per heavy atom. The summed E-state index contributed by atoms with van der Waals surface area (Å²) in [6, 6.07) is 8.74. The maximum atomic E-state index is 13.2. The van der Waals surface area contributed by atoms with Crippen molar-refractivity contribution in [1.29, 1.82) is 0 Å². The number of carbonyl (C=O) groups is 1. The van der Waals surface area contributed by atoms with Gasteiger partial charge in [-0.1, -0.05) is 11.6 Å². The summed E-state index contributed by atoms with van der Waals surface area (Å²) in [6.07, 6.45) is 0. The largest absolute Gasteiger partial charge is 0.495 e. The maximum absolute atomic E-state index is 13.2. The molecule has 0 saturated heterocycles. The van der Waals surface area contributed by atoms with Crippen LogP contribution in [0, 0.1) is 5.82 Å². The molecule has 1 amide bonds. The number of halogens is 3. The van der Waals surface area contributed by atoms with E-state index in [4.69, 9.17) is 16.3 Å². The number of methoxy groups -OCH3 is 1. The molecule has 0 bridgehead atoms. The molecule has 1 N–H and O–H groups in total. The Hall–Kier alpha value is -1.59. The van der Waals surface area contributed by atoms with E-state index in [9.17, 15) is 9.18 Å². The van der Waals surface area contributed by atoms with Crippen LogP contribution < -0.4 is 10.1 Å². The average Bonchev–Trinajstić information content (AvgIpc) is 2.43. The van der Waals surface area contributed by atoms with Gasteiger partial charge in [0, 0.05) is 16.2 Å². The van der Waals surface area contributed by atoms with E-state index in [0.29, 0.717) is 20.9 Å². The summed E-state index contributed by atoms with van der Waals surface area (Å²) in [6.45, 7) is 0. The second-order valence-electron chi connectivity index (χ2n) is 3.93. The summed E-state index contributed by atoms with van der Waals surface area (Å²) in [4.78, 5) is 12.1. The molecule has 0 radical (unpaired) electrons. The van der Waals surface area contributed by atoms with E-state index >= 15 is 0 Å². The molecule has 6 heteroatoms. The smallest absolute Gasteiger partial charge is 0.256 e. The summed E-state index contributed by atoms with van der Waals surface area (Å²) in [7, 11) is 1.48. The molecule has 0 spiro atoms. The first-order valence-electron chi connectivity index (χ1n) is 5.61. The Balaban J connectivity index is 2.25. The third-order valence-corrected chi connectivity index (χ3v) is 3.59. The number of hydrogen-bond acceptors (Lipinski definition) is 2. The Morgan fingerprint density at radius 2 is 2.05 bits per heavy atom. The Kier molecular flexibility index (Phi) is 4.62. The number of benzene rings is 2. The van der Waals surface area contributed by atoms with Crippen molar-refractivity contribution in [2.24, 2.45) is 0 Å². The first-order valence-corrected chi connectivity index (χ1v) is 6.78. The molecule has 3 nitrogen and oxygen atoms in total. The molecule has 0 atom stereocenters. The van der Waals surface area contributed by atoms with Crippen molar-refractivity contribution in [2.45, 2.75) is 0 Å². The summed E-state index contributed by atoms with van der Waals surface area (Å²) in [5.74, 6) is -0.462. The number of ether oxygens (including phenoxy) is 1. The van der Waals surface area contributed by atoms with Gasteiger partial charge < -0.3 is 10.1 Å². The lowest BCUT2D eigenvalue weighted by atomic mass is 10.2. The predicted octanol–water partition coefficient (Wildman–Crippen LogP) is 4.50. The molecule has 0 aromatic heterocycles. The van der Waals surface area contributed by atoms with E-state index in [1.165, 1.54) is 19.2 Å². The van der Waals surface area contributed by atoms with Gasteiger partial charge >= 0.3 is 0 Å². The molecule has 0 unspecified atom stereocenters. The second kappa shape index (κ2) is 6.24. The quantitative estimate of drug-likeness (QED) is 0.877. The molecule has 0 heterocycles. The molecule has 0 aliphatic carbocycles. The Bertz CT molecular complexity index is 664. The zero-order valence-electron chi connectivity index (χ0n) is 10.4. The fraction of sp³-hybridized carbons (Fsp3) is 0.0714. The van der Waals surface area contributed by atoms with Crippen LogP contribution in [0.25, 0.3) is 0 Å². The van der Waals surface area contributed by atoms with Gasteiger partial charge in [-0.2, -0.15) is 0 Å². The van der Waals surface area contributed by atoms with Crippen molar-refractivity contribution < 1.29 is 13.9 Å². The van der Waals surface area contributed by atoms with Crippen LogP contribution in [0.15, 0.2) is 40.9 Å². The number of amides is 1. The third-order valence-electron chi connectivity index (χ3n) is 2.58. The van der Waals surface area contributed by atoms with Crippen LogP contribution >= 0.6 is 27.5 Å². The van der Waals surface area contributed by atoms with Crippen molar-refractivity contribution in [2.75, 3.05) is 12.4 Å². The van der Waals surface area contributed by atoms with E-state index in [1.807, 2.05) is 0 Å². The van der Waals surface area contributed by atoms with Gasteiger partial charge in [-0.25, -0.2) is 4.39 Å². The second-order valence-corrected chi connectivity index (χ2v) is 5.19. The topological polar surface area (TPSA) is 38.3 Å². The van der Waals surface area contributed by atoms with E-state index in [2.05, 4.69) is 21.2 Å². The first kappa shape index (κ1) is 14.8. The predicted molar refractivity (Wildman–Crippen MR) is 80.1 cm³/mol. The highest BCUT2D eigenvalue weighted by Gasteiger charge is 2.12. The lowest BCUT2D eigenvalue weighted by molar-refractivity contribution is 0.102. The normalized spacial score (nSPS) is 10.2. The molecule has 20 heavy (non-hydrogen) atoms. The van der Waals surface area contributed by atoms with Gasteiger partial charge in [0.2, 0.25) is 0 Å². The van der Waals surface area contributed by atoms with Crippen LogP contribution in [0.5, 0.6) is 5.75 Å². The van der Waals surface area contributed by atoms with Gasteiger partial charge in [0.25, 0.3) is 5.91 Å². The number of rotatable bonds is 3. The van der Waals surface area contributed by atoms with Gasteiger partial charge in [0.1, 0.15) is 11.6 Å². The van der Waals surface area contributed by atoms with Gasteiger partial charge in [-0.3, -0.25) is 4.79 Å². The minimum Gasteiger partial charge on any atom is -0.495 e. The van der Waals surface area contributed by atoms with Crippen LogP contribution in [0.2, 0.25) is 5.02 Å². The fourth-order valence-electron chi connectivity index (χ4n) is 1.61. The van der Waals surface area contributed by atoms with Crippen molar-refractivity contribution >= 4 is 39.1 Å². The molecule has 2 aromatic rings. The number of hydrogen-bond donors (Lipinski definition) is 1. The minimum absolute atomic E-state index is 0.207. The SMILES string of the molecule is COc1cc(NC(=O)c2cc(F)ccc2Br)ccc1Cl. The van der Waals surface area contributed by atoms with Crippen LogP contribution in [-0.2, 0) is 0 Å². The van der Waals surface area contributed by atoms with E-state index < -0.39 is 11.7 Å². The fourth-order valence-corrected chi connectivity index (χ4v) is 2.23. The monoisotopic (exact) mass is 357 g/mol. The van der Waals surface area contributed by atoms with E-state index in [-0.39, 0.29) is 5.56 Å². The van der Waals surface area contributed by atoms with Crippen LogP contribution in [0.3, 0.4) is 0 Å². The summed E-state index contributed by atoms with van der Waals surface area (Å²) >= 11 is 9.11. The highest BCUT2D eigenvalue weighted by molar-refractivity contribution is 9.10. The third kappa shape index (κ3) is 3.29. The maximum Gasteiger partial charge on any atom is 0.256 e. The number of nitrogens with one attached hydrogen (secondary N) is 1. The Labute approximate surface area is 128 Å². The van der Waals surface area contributed by atoms with Gasteiger partial charge in [-0.15, -0.1) is 0 Å². The Morgan fingerprint density at radius 1 is 1.30 bits per heavy atom. The molecular weight excluding hydrogens is 349 g/mol. The standard InChI is InChI=1S/C14H10BrClFNO2/c1-20-13-7-9(3-5-12(13)16)18-14(19)10-6-8(17)2-4-11(10)15/h2-7H,1H3,(H,18,19). The zero-order valence-corrected chi connectivity index (χ0v) is 12.8. The highest BCUT2D eigenvalue weighted by Crippen LogP contribution is 2.28. The van der Waals surface area contributed by atoms with Crippen LogP contribution in [0.4, 0.5) is 10.1 Å². The van der Waals surface area contributed by atoms with Crippen molar-refractivity contribution in [1.82, 2.24) is 0 Å². The van der Waals surface area contributed by atoms with Crippen LogP contribution in [0.1, 0.15) is 10.4 Å². The lowest BCUT2D eigenvalue weighted by Crippen LogP contribution is -2.13. The molecule has 0 aliphatic heterocycles. The average molecular weight is 359 g/mol. The molecule has 0 fully saturated rings. The molecule has 2 aromatic carbocycles. The molecular formula is C14H10BrClFNO2. The highest BCUT2D eigenvalue weighted by atomic mass is 79.9. The lowest BCUT2D eigenvalue weighted by Gasteiger charge is -2.09. The van der Waals surface area contributed by atoms with Gasteiger partial charge in [0.15, 0.2) is 0 Å². The van der Waals surface area contributed by atoms with Gasteiger partial charge in [-0.05, 0) is 46.3 Å². The van der Waals surface area contributed by atoms with E-state index in [1.54, 1.807) is 18.2 Å².